The molecule has 0 radical (unpaired) electrons. The third kappa shape index (κ3) is 5.35. The van der Waals surface area contributed by atoms with Crippen LogP contribution in [0.1, 0.15) is 31.4 Å². The summed E-state index contributed by atoms with van der Waals surface area (Å²) < 4.78 is 1.72. The van der Waals surface area contributed by atoms with Gasteiger partial charge >= 0.3 is 0 Å². The van der Waals surface area contributed by atoms with Crippen molar-refractivity contribution in [1.29, 1.82) is 0 Å². The number of nitrogens with zero attached hydrogens (tertiary/aromatic N) is 4. The van der Waals surface area contributed by atoms with Gasteiger partial charge < -0.3 is 10.2 Å². The predicted molar refractivity (Wildman–Crippen MR) is 97.4 cm³/mol. The van der Waals surface area contributed by atoms with Crippen molar-refractivity contribution in [2.24, 2.45) is 7.05 Å². The first-order chi connectivity index (χ1) is 10.1. The van der Waals surface area contributed by atoms with E-state index in [1.165, 1.54) is 12.8 Å². The highest BCUT2D eigenvalue weighted by Crippen LogP contribution is 2.19. The van der Waals surface area contributed by atoms with E-state index >= 15 is 0 Å². The predicted octanol–water partition coefficient (Wildman–Crippen LogP) is 1.47. The van der Waals surface area contributed by atoms with Gasteiger partial charge in [0.2, 0.25) is 5.91 Å². The molecule has 1 saturated heterocycles. The minimum atomic E-state index is -0.319. The first-order valence-corrected chi connectivity index (χ1v) is 7.71. The van der Waals surface area contributed by atoms with E-state index in [1.807, 2.05) is 32.2 Å². The number of aryl methyl sites for hydroxylation is 1. The molecule has 0 saturated carbocycles. The molecular weight excluding hydrogens is 337 g/mol. The van der Waals surface area contributed by atoms with Gasteiger partial charge in [0.25, 0.3) is 0 Å². The van der Waals surface area contributed by atoms with Crippen LogP contribution >= 0.6 is 24.8 Å². The topological polar surface area (TPSA) is 53.4 Å². The summed E-state index contributed by atoms with van der Waals surface area (Å²) in [5, 5.41) is 7.26. The van der Waals surface area contributed by atoms with Crippen LogP contribution in [0.4, 0.5) is 0 Å². The van der Waals surface area contributed by atoms with Crippen LogP contribution in [0.3, 0.4) is 0 Å². The number of halogens is 2. The van der Waals surface area contributed by atoms with Gasteiger partial charge in [0, 0.05) is 38.4 Å². The Hall–Kier alpha value is -0.820. The van der Waals surface area contributed by atoms with Crippen LogP contribution in [0.5, 0.6) is 0 Å². The minimum absolute atomic E-state index is 0. The molecular formula is C15H29Cl2N5O. The van der Waals surface area contributed by atoms with Crippen LogP contribution in [0.15, 0.2) is 12.4 Å². The lowest BCUT2D eigenvalue weighted by molar-refractivity contribution is -0.132. The van der Waals surface area contributed by atoms with Crippen LogP contribution in [-0.4, -0.2) is 65.3 Å². The summed E-state index contributed by atoms with van der Waals surface area (Å²) in [6.45, 7) is 5.20. The summed E-state index contributed by atoms with van der Waals surface area (Å²) in [5.41, 5.74) is 0.913. The zero-order valence-electron chi connectivity index (χ0n) is 14.4. The first kappa shape index (κ1) is 22.2. The van der Waals surface area contributed by atoms with Gasteiger partial charge in [-0.1, -0.05) is 6.92 Å². The van der Waals surface area contributed by atoms with Gasteiger partial charge in [-0.2, -0.15) is 5.10 Å². The molecule has 6 nitrogen and oxygen atoms in total. The van der Waals surface area contributed by atoms with Crippen LogP contribution in [-0.2, 0) is 11.8 Å². The zero-order chi connectivity index (χ0) is 15.4. The first-order valence-electron chi connectivity index (χ1n) is 7.71. The fraction of sp³-hybridized carbons (Fsp3) is 0.733. The smallest absolute Gasteiger partial charge is 0.244 e. The second-order valence-electron chi connectivity index (χ2n) is 5.81. The molecule has 1 amide bonds. The number of aromatic nitrogens is 2. The van der Waals surface area contributed by atoms with Crippen molar-refractivity contribution in [2.75, 3.05) is 33.7 Å². The van der Waals surface area contributed by atoms with Crippen LogP contribution in [0, 0.1) is 0 Å². The summed E-state index contributed by atoms with van der Waals surface area (Å²) in [6.07, 6.45) is 6.06. The second kappa shape index (κ2) is 10.1. The van der Waals surface area contributed by atoms with Crippen LogP contribution < -0.4 is 5.32 Å². The lowest BCUT2D eigenvalue weighted by Gasteiger charge is -2.29. The highest BCUT2D eigenvalue weighted by molar-refractivity contribution is 5.85. The summed E-state index contributed by atoms with van der Waals surface area (Å²) in [6, 6.07) is 0.176. The van der Waals surface area contributed by atoms with Crippen LogP contribution in [0.2, 0.25) is 0 Å². The molecule has 2 rings (SSSR count). The van der Waals surface area contributed by atoms with E-state index in [2.05, 4.69) is 22.2 Å². The molecule has 0 aromatic carbocycles. The average molecular weight is 366 g/mol. The van der Waals surface area contributed by atoms with Gasteiger partial charge in [-0.05, 0) is 33.0 Å². The molecule has 0 spiro atoms. The number of amides is 1. The van der Waals surface area contributed by atoms with Gasteiger partial charge in [-0.15, -0.1) is 24.8 Å². The van der Waals surface area contributed by atoms with Gasteiger partial charge in [-0.25, -0.2) is 0 Å². The molecule has 1 aliphatic rings. The molecule has 2 unspecified atom stereocenters. The Morgan fingerprint density at radius 3 is 2.74 bits per heavy atom. The maximum Gasteiger partial charge on any atom is 0.244 e. The Kier molecular flexibility index (Phi) is 9.77. The number of likely N-dealkylation sites (tertiary alicyclic amines) is 1. The van der Waals surface area contributed by atoms with E-state index in [0.29, 0.717) is 6.04 Å². The largest absolute Gasteiger partial charge is 0.343 e. The van der Waals surface area contributed by atoms with Crippen molar-refractivity contribution in [3.8, 4) is 0 Å². The Bertz CT molecular complexity index is 482. The van der Waals surface area contributed by atoms with Crippen molar-refractivity contribution in [3.05, 3.63) is 18.0 Å². The molecule has 2 atom stereocenters. The van der Waals surface area contributed by atoms with Crippen molar-refractivity contribution >= 4 is 30.7 Å². The average Bonchev–Trinajstić information content (AvgIpc) is 3.08. The summed E-state index contributed by atoms with van der Waals surface area (Å²) >= 11 is 0. The van der Waals surface area contributed by atoms with Gasteiger partial charge in [-0.3, -0.25) is 14.4 Å². The van der Waals surface area contributed by atoms with E-state index in [4.69, 9.17) is 0 Å². The monoisotopic (exact) mass is 365 g/mol. The number of rotatable bonds is 6. The minimum Gasteiger partial charge on any atom is -0.343 e. The van der Waals surface area contributed by atoms with Gasteiger partial charge in [0.15, 0.2) is 0 Å². The SMILES string of the molecule is CCN1CCCC1CN(C)C(=O)C(NC)c1cnn(C)c1.Cl.Cl. The van der Waals surface area contributed by atoms with Gasteiger partial charge in [0.1, 0.15) is 6.04 Å². The zero-order valence-corrected chi connectivity index (χ0v) is 16.0. The van der Waals surface area contributed by atoms with E-state index in [9.17, 15) is 4.79 Å². The summed E-state index contributed by atoms with van der Waals surface area (Å²) in [4.78, 5) is 17.0. The van der Waals surface area contributed by atoms with E-state index in [-0.39, 0.29) is 36.8 Å². The molecule has 2 heterocycles. The third-order valence-corrected chi connectivity index (χ3v) is 4.36. The second-order valence-corrected chi connectivity index (χ2v) is 5.81. The number of carbonyl (C=O) groups excluding carboxylic acids is 1. The quantitative estimate of drug-likeness (QED) is 0.829. The summed E-state index contributed by atoms with van der Waals surface area (Å²) in [7, 11) is 5.58. The van der Waals surface area contributed by atoms with Crippen LogP contribution in [0.25, 0.3) is 0 Å². The van der Waals surface area contributed by atoms with Crippen molar-refractivity contribution in [1.82, 2.24) is 24.9 Å². The standard InChI is InChI=1S/C15H27N5O.2ClH/c1-5-20-8-6-7-13(20)11-18(3)15(21)14(16-2)12-9-17-19(4)10-12;;/h9-10,13-14,16H,5-8,11H2,1-4H3;2*1H. The lowest BCUT2D eigenvalue weighted by Crippen LogP contribution is -2.44. The Labute approximate surface area is 151 Å². The fourth-order valence-corrected chi connectivity index (χ4v) is 3.17. The van der Waals surface area contributed by atoms with Gasteiger partial charge in [0.05, 0.1) is 6.20 Å². The highest BCUT2D eigenvalue weighted by atomic mass is 35.5. The lowest BCUT2D eigenvalue weighted by atomic mass is 10.1. The summed E-state index contributed by atoms with van der Waals surface area (Å²) in [5.74, 6) is 0.105. The number of nitrogens with one attached hydrogen (secondary N) is 1. The number of hydrogen-bond acceptors (Lipinski definition) is 4. The fourth-order valence-electron chi connectivity index (χ4n) is 3.17. The molecule has 8 heteroatoms. The molecule has 134 valence electrons. The number of likely N-dealkylation sites (N-methyl/N-ethyl adjacent to an activating group) is 3. The third-order valence-electron chi connectivity index (χ3n) is 4.36. The molecule has 1 fully saturated rings. The maximum atomic E-state index is 12.7. The molecule has 1 aromatic heterocycles. The Morgan fingerprint density at radius 2 is 2.22 bits per heavy atom. The van der Waals surface area contributed by atoms with E-state index < -0.39 is 0 Å². The van der Waals surface area contributed by atoms with E-state index in [0.717, 1.165) is 25.2 Å². The molecule has 23 heavy (non-hydrogen) atoms. The molecule has 1 aliphatic heterocycles. The molecule has 1 N–H and O–H groups in total. The number of carbonyl (C=O) groups is 1. The van der Waals surface area contributed by atoms with Crippen molar-refractivity contribution in [2.45, 2.75) is 31.8 Å². The molecule has 1 aromatic rings. The normalized spacial score (nSPS) is 18.9. The highest BCUT2D eigenvalue weighted by Gasteiger charge is 2.29. The van der Waals surface area contributed by atoms with E-state index in [1.54, 1.807) is 10.9 Å². The Morgan fingerprint density at radius 1 is 1.52 bits per heavy atom. The Balaban J connectivity index is 0.00000242. The molecule has 0 aliphatic carbocycles. The maximum absolute atomic E-state index is 12.7. The number of hydrogen-bond donors (Lipinski definition) is 1. The van der Waals surface area contributed by atoms with Crippen molar-refractivity contribution in [3.63, 3.8) is 0 Å². The molecule has 0 bridgehead atoms. The van der Waals surface area contributed by atoms with Crippen molar-refractivity contribution < 1.29 is 4.79 Å².